The summed E-state index contributed by atoms with van der Waals surface area (Å²) in [5, 5.41) is 2.78. The molecule has 1 heterocycles. The molecule has 19 heavy (non-hydrogen) atoms. The van der Waals surface area contributed by atoms with E-state index in [1.165, 1.54) is 12.1 Å². The van der Waals surface area contributed by atoms with Crippen LogP contribution >= 0.6 is 0 Å². The largest absolute Gasteiger partial charge is 0.317 e. The van der Waals surface area contributed by atoms with Crippen molar-refractivity contribution in [3.63, 3.8) is 0 Å². The molecule has 2 rings (SSSR count). The van der Waals surface area contributed by atoms with Gasteiger partial charge in [-0.15, -0.1) is 0 Å². The van der Waals surface area contributed by atoms with E-state index in [2.05, 4.69) is 10.0 Å². The van der Waals surface area contributed by atoms with Gasteiger partial charge in [0.25, 0.3) is 0 Å². The highest BCUT2D eigenvalue weighted by Crippen LogP contribution is 2.18. The fourth-order valence-corrected chi connectivity index (χ4v) is 3.97. The third-order valence-corrected chi connectivity index (χ3v) is 5.45. The van der Waals surface area contributed by atoms with Crippen LogP contribution in [0.25, 0.3) is 0 Å². The van der Waals surface area contributed by atoms with Crippen LogP contribution in [-0.4, -0.2) is 26.8 Å². The lowest BCUT2D eigenvalue weighted by Crippen LogP contribution is -2.42. The summed E-state index contributed by atoms with van der Waals surface area (Å²) in [5.74, 6) is -0.356. The van der Waals surface area contributed by atoms with Crippen LogP contribution in [-0.2, 0) is 10.0 Å². The Bertz CT molecular complexity index is 527. The smallest absolute Gasteiger partial charge is 0.215 e. The van der Waals surface area contributed by atoms with Gasteiger partial charge in [-0.1, -0.05) is 12.1 Å². The van der Waals surface area contributed by atoms with E-state index in [1.54, 1.807) is 19.1 Å². The number of halogens is 1. The maximum absolute atomic E-state index is 13.1. The Morgan fingerprint density at radius 1 is 1.37 bits per heavy atom. The number of rotatable bonds is 4. The lowest BCUT2D eigenvalue weighted by Gasteiger charge is -2.25. The van der Waals surface area contributed by atoms with Crippen LogP contribution in [0.5, 0.6) is 0 Å². The van der Waals surface area contributed by atoms with Gasteiger partial charge < -0.3 is 5.32 Å². The third-order valence-electron chi connectivity index (χ3n) is 3.41. The van der Waals surface area contributed by atoms with Crippen molar-refractivity contribution in [1.82, 2.24) is 10.0 Å². The van der Waals surface area contributed by atoms with Gasteiger partial charge in [-0.3, -0.25) is 0 Å². The second-order valence-corrected chi connectivity index (χ2v) is 6.88. The van der Waals surface area contributed by atoms with E-state index in [-0.39, 0.29) is 11.1 Å². The Kier molecular flexibility index (Phi) is 4.54. The second kappa shape index (κ2) is 5.98. The van der Waals surface area contributed by atoms with Crippen molar-refractivity contribution >= 4 is 10.0 Å². The van der Waals surface area contributed by atoms with Gasteiger partial charge in [0.2, 0.25) is 10.0 Å². The molecule has 0 radical (unpaired) electrons. The van der Waals surface area contributed by atoms with Gasteiger partial charge in [0.1, 0.15) is 5.82 Å². The summed E-state index contributed by atoms with van der Waals surface area (Å²) in [5.41, 5.74) is 0.637. The van der Waals surface area contributed by atoms with Crippen LogP contribution in [0, 0.1) is 5.82 Å². The first-order chi connectivity index (χ1) is 8.99. The van der Waals surface area contributed by atoms with Crippen LogP contribution in [0.3, 0.4) is 0 Å². The average molecular weight is 286 g/mol. The molecule has 2 N–H and O–H groups in total. The summed E-state index contributed by atoms with van der Waals surface area (Å²) < 4.78 is 40.2. The highest BCUT2D eigenvalue weighted by Gasteiger charge is 2.28. The van der Waals surface area contributed by atoms with Gasteiger partial charge in [0, 0.05) is 6.04 Å². The first-order valence-corrected chi connectivity index (χ1v) is 8.01. The molecule has 1 atom stereocenters. The molecule has 106 valence electrons. The van der Waals surface area contributed by atoms with E-state index in [0.717, 1.165) is 13.1 Å². The molecule has 6 heteroatoms. The fraction of sp³-hybridized carbons (Fsp3) is 0.538. The van der Waals surface area contributed by atoms with Gasteiger partial charge in [-0.2, -0.15) is 0 Å². The van der Waals surface area contributed by atoms with E-state index < -0.39 is 16.1 Å². The lowest BCUT2D eigenvalue weighted by molar-refractivity contribution is 0.484. The van der Waals surface area contributed by atoms with Crippen LogP contribution < -0.4 is 10.0 Å². The molecule has 1 aliphatic heterocycles. The zero-order valence-corrected chi connectivity index (χ0v) is 11.7. The molecule has 0 saturated carbocycles. The Morgan fingerprint density at radius 2 is 2.05 bits per heavy atom. The maximum atomic E-state index is 13.1. The molecule has 1 aromatic carbocycles. The standard InChI is InChI=1S/C13H19FN2O2S/c1-10(11-3-2-4-12(14)9-11)16-19(17,18)13-5-7-15-8-6-13/h2-4,9-10,13,15-16H,5-8H2,1H3. The zero-order valence-electron chi connectivity index (χ0n) is 10.9. The normalized spacial score (nSPS) is 19.3. The quantitative estimate of drug-likeness (QED) is 0.883. The Labute approximate surface area is 113 Å². The second-order valence-electron chi connectivity index (χ2n) is 4.89. The lowest BCUT2D eigenvalue weighted by atomic mass is 10.1. The zero-order chi connectivity index (χ0) is 13.9. The molecule has 0 spiro atoms. The summed E-state index contributed by atoms with van der Waals surface area (Å²) in [6.45, 7) is 3.17. The molecule has 1 saturated heterocycles. The summed E-state index contributed by atoms with van der Waals surface area (Å²) in [6, 6.07) is 5.59. The van der Waals surface area contributed by atoms with E-state index >= 15 is 0 Å². The predicted molar refractivity (Wildman–Crippen MR) is 72.8 cm³/mol. The average Bonchev–Trinajstić information content (AvgIpc) is 2.39. The van der Waals surface area contributed by atoms with Crippen molar-refractivity contribution in [2.24, 2.45) is 0 Å². The Balaban J connectivity index is 2.07. The van der Waals surface area contributed by atoms with E-state index in [9.17, 15) is 12.8 Å². The summed E-state index contributed by atoms with van der Waals surface area (Å²) in [6.07, 6.45) is 1.23. The van der Waals surface area contributed by atoms with Gasteiger partial charge in [0.15, 0.2) is 0 Å². The predicted octanol–water partition coefficient (Wildman–Crippen LogP) is 1.56. The third kappa shape index (κ3) is 3.75. The first kappa shape index (κ1) is 14.4. The SMILES string of the molecule is CC(NS(=O)(=O)C1CCNCC1)c1cccc(F)c1. The van der Waals surface area contributed by atoms with Crippen molar-refractivity contribution in [3.8, 4) is 0 Å². The molecule has 0 aromatic heterocycles. The Morgan fingerprint density at radius 3 is 2.68 bits per heavy atom. The minimum Gasteiger partial charge on any atom is -0.317 e. The minimum atomic E-state index is -3.36. The van der Waals surface area contributed by atoms with Crippen LogP contribution in [0.2, 0.25) is 0 Å². The van der Waals surface area contributed by atoms with E-state index in [4.69, 9.17) is 0 Å². The monoisotopic (exact) mass is 286 g/mol. The Hall–Kier alpha value is -0.980. The molecule has 0 amide bonds. The summed E-state index contributed by atoms with van der Waals surface area (Å²) in [7, 11) is -3.36. The summed E-state index contributed by atoms with van der Waals surface area (Å²) >= 11 is 0. The van der Waals surface area contributed by atoms with Gasteiger partial charge >= 0.3 is 0 Å². The molecule has 1 aliphatic rings. The maximum Gasteiger partial charge on any atom is 0.215 e. The molecule has 1 unspecified atom stereocenters. The van der Waals surface area contributed by atoms with Crippen molar-refractivity contribution in [3.05, 3.63) is 35.6 Å². The van der Waals surface area contributed by atoms with Crippen LogP contribution in [0.1, 0.15) is 31.4 Å². The highest BCUT2D eigenvalue weighted by atomic mass is 32.2. The van der Waals surface area contributed by atoms with Gasteiger partial charge in [0.05, 0.1) is 5.25 Å². The summed E-state index contributed by atoms with van der Waals surface area (Å²) in [4.78, 5) is 0. The molecule has 1 aromatic rings. The van der Waals surface area contributed by atoms with Crippen LogP contribution in [0.15, 0.2) is 24.3 Å². The highest BCUT2D eigenvalue weighted by molar-refractivity contribution is 7.90. The van der Waals surface area contributed by atoms with Gasteiger partial charge in [-0.25, -0.2) is 17.5 Å². The fourth-order valence-electron chi connectivity index (χ4n) is 2.29. The topological polar surface area (TPSA) is 58.2 Å². The minimum absolute atomic E-state index is 0.356. The number of piperidine rings is 1. The van der Waals surface area contributed by atoms with Crippen molar-refractivity contribution < 1.29 is 12.8 Å². The van der Waals surface area contributed by atoms with Crippen molar-refractivity contribution in [2.45, 2.75) is 31.1 Å². The first-order valence-electron chi connectivity index (χ1n) is 6.46. The number of hydrogen-bond acceptors (Lipinski definition) is 3. The van der Waals surface area contributed by atoms with Crippen LogP contribution in [0.4, 0.5) is 4.39 Å². The van der Waals surface area contributed by atoms with E-state index in [0.29, 0.717) is 18.4 Å². The number of benzene rings is 1. The number of hydrogen-bond donors (Lipinski definition) is 2. The molecule has 0 aliphatic carbocycles. The van der Waals surface area contributed by atoms with Crippen molar-refractivity contribution in [2.75, 3.05) is 13.1 Å². The molecule has 4 nitrogen and oxygen atoms in total. The molecule has 1 fully saturated rings. The number of nitrogens with one attached hydrogen (secondary N) is 2. The van der Waals surface area contributed by atoms with Gasteiger partial charge in [-0.05, 0) is 50.6 Å². The number of sulfonamides is 1. The molecule has 0 bridgehead atoms. The van der Waals surface area contributed by atoms with E-state index in [1.807, 2.05) is 0 Å². The molecular formula is C13H19FN2O2S. The molecular weight excluding hydrogens is 267 g/mol. The van der Waals surface area contributed by atoms with Crippen molar-refractivity contribution in [1.29, 1.82) is 0 Å².